The van der Waals surface area contributed by atoms with Crippen molar-refractivity contribution in [2.75, 3.05) is 38.1 Å². The molecule has 2 atom stereocenters. The van der Waals surface area contributed by atoms with Gasteiger partial charge in [-0.25, -0.2) is 9.69 Å². The van der Waals surface area contributed by atoms with Crippen LogP contribution < -0.4 is 10.2 Å². The fourth-order valence-corrected chi connectivity index (χ4v) is 5.74. The highest BCUT2D eigenvalue weighted by Gasteiger charge is 2.64. The molecule has 0 bridgehead atoms. The molecule has 0 radical (unpaired) electrons. The van der Waals surface area contributed by atoms with E-state index in [1.807, 2.05) is 0 Å². The molecule has 40 heavy (non-hydrogen) atoms. The van der Waals surface area contributed by atoms with Crippen molar-refractivity contribution in [3.8, 4) is 6.07 Å². The Morgan fingerprint density at radius 3 is 2.33 bits per heavy atom. The predicted octanol–water partition coefficient (Wildman–Crippen LogP) is 3.56. The third kappa shape index (κ3) is 5.77. The molecule has 210 valence electrons. The van der Waals surface area contributed by atoms with Gasteiger partial charge in [0.1, 0.15) is 17.7 Å². The Hall–Kier alpha value is -3.65. The van der Waals surface area contributed by atoms with Gasteiger partial charge in [0.25, 0.3) is 5.91 Å². The van der Waals surface area contributed by atoms with Gasteiger partial charge in [0, 0.05) is 36.1 Å². The van der Waals surface area contributed by atoms with Crippen molar-refractivity contribution in [1.82, 2.24) is 15.1 Å². The zero-order chi connectivity index (χ0) is 29.4. The summed E-state index contributed by atoms with van der Waals surface area (Å²) in [5.74, 6) is -2.01. The first-order chi connectivity index (χ1) is 18.7. The fraction of sp³-hybridized carbons (Fsp3) is 0.393. The highest BCUT2D eigenvalue weighted by Crippen LogP contribution is 2.46. The lowest BCUT2D eigenvalue weighted by molar-refractivity contribution is -0.154. The zero-order valence-electron chi connectivity index (χ0n) is 22.5. The Morgan fingerprint density at radius 1 is 1.12 bits per heavy atom. The summed E-state index contributed by atoms with van der Waals surface area (Å²) in [6.45, 7) is 5.11. The molecular formula is C28H29Cl2N5O5. The number of hydrogen-bond acceptors (Lipinski definition) is 7. The van der Waals surface area contributed by atoms with Crippen LogP contribution in [0.4, 0.5) is 10.5 Å². The van der Waals surface area contributed by atoms with Gasteiger partial charge in [0.2, 0.25) is 5.91 Å². The minimum atomic E-state index is -1.36. The van der Waals surface area contributed by atoms with Crippen molar-refractivity contribution in [2.45, 2.75) is 37.8 Å². The largest absolute Gasteiger partial charge is 0.459 e. The van der Waals surface area contributed by atoms with Crippen LogP contribution in [0.5, 0.6) is 0 Å². The number of urea groups is 1. The van der Waals surface area contributed by atoms with E-state index in [-0.39, 0.29) is 41.9 Å². The number of likely N-dealkylation sites (N-methyl/N-ethyl adjacent to an activating group) is 1. The van der Waals surface area contributed by atoms with Crippen molar-refractivity contribution in [3.63, 3.8) is 0 Å². The highest BCUT2D eigenvalue weighted by atomic mass is 35.5. The molecule has 1 spiro atoms. The van der Waals surface area contributed by atoms with E-state index in [1.54, 1.807) is 57.0 Å². The van der Waals surface area contributed by atoms with Crippen LogP contribution in [-0.2, 0) is 19.1 Å². The molecule has 0 aliphatic carbocycles. The van der Waals surface area contributed by atoms with Gasteiger partial charge in [-0.3, -0.25) is 19.3 Å². The highest BCUT2D eigenvalue weighted by molar-refractivity contribution is 6.35. The minimum Gasteiger partial charge on any atom is -0.459 e. The predicted molar refractivity (Wildman–Crippen MR) is 149 cm³/mol. The number of nitrogens with one attached hydrogen (secondary N) is 1. The standard InChI is InChI=1S/C28H29Cl2N5O5/c1-27(2,3)40-24(37)13-32-23(36)15-34-14-22(18-7-5-17(12-31)6-8-18)28(16-34)25(38)35(26(39)33(28)4)21-10-19(29)9-20(30)11-21/h5-11,22H,13-16H2,1-4H3,(H,32,36). The molecule has 0 aromatic heterocycles. The molecule has 2 saturated heterocycles. The first-order valence-corrected chi connectivity index (χ1v) is 13.3. The number of nitriles is 1. The lowest BCUT2D eigenvalue weighted by Crippen LogP contribution is -2.54. The third-order valence-corrected chi connectivity index (χ3v) is 7.33. The number of ether oxygens (including phenoxy) is 1. The lowest BCUT2D eigenvalue weighted by atomic mass is 9.80. The summed E-state index contributed by atoms with van der Waals surface area (Å²) in [6.07, 6.45) is 0. The van der Waals surface area contributed by atoms with Crippen molar-refractivity contribution in [1.29, 1.82) is 5.26 Å². The zero-order valence-corrected chi connectivity index (χ0v) is 24.0. The summed E-state index contributed by atoms with van der Waals surface area (Å²) >= 11 is 12.3. The number of imide groups is 1. The second-order valence-corrected chi connectivity index (χ2v) is 11.7. The molecule has 1 N–H and O–H groups in total. The van der Waals surface area contributed by atoms with E-state index in [4.69, 9.17) is 27.9 Å². The van der Waals surface area contributed by atoms with Crippen LogP contribution >= 0.6 is 23.2 Å². The van der Waals surface area contributed by atoms with Crippen LogP contribution in [0.3, 0.4) is 0 Å². The number of esters is 1. The minimum absolute atomic E-state index is 0.0589. The summed E-state index contributed by atoms with van der Waals surface area (Å²) in [4.78, 5) is 56.8. The topological polar surface area (TPSA) is 123 Å². The van der Waals surface area contributed by atoms with Crippen LogP contribution in [0.15, 0.2) is 42.5 Å². The number of benzene rings is 2. The number of anilines is 1. The Morgan fingerprint density at radius 2 is 1.75 bits per heavy atom. The second kappa shape index (κ2) is 11.1. The van der Waals surface area contributed by atoms with Crippen molar-refractivity contribution in [2.24, 2.45) is 0 Å². The van der Waals surface area contributed by atoms with Crippen LogP contribution in [0, 0.1) is 11.3 Å². The summed E-state index contributed by atoms with van der Waals surface area (Å²) < 4.78 is 5.24. The van der Waals surface area contributed by atoms with Crippen molar-refractivity contribution < 1.29 is 23.9 Å². The van der Waals surface area contributed by atoms with E-state index < -0.39 is 40.9 Å². The SMILES string of the molecule is CN1C(=O)N(c2cc(Cl)cc(Cl)c2)C(=O)C12CN(CC(=O)NCC(=O)OC(C)(C)C)CC2c1ccc(C#N)cc1. The van der Waals surface area contributed by atoms with Gasteiger partial charge in [-0.2, -0.15) is 5.26 Å². The number of halogens is 2. The van der Waals surface area contributed by atoms with Gasteiger partial charge >= 0.3 is 12.0 Å². The number of carbonyl (C=O) groups excluding carboxylic acids is 4. The summed E-state index contributed by atoms with van der Waals surface area (Å²) in [5, 5.41) is 12.3. The quantitative estimate of drug-likeness (QED) is 0.406. The third-order valence-electron chi connectivity index (χ3n) is 6.90. The Labute approximate surface area is 242 Å². The van der Waals surface area contributed by atoms with Crippen LogP contribution in [0.2, 0.25) is 10.0 Å². The number of hydrogen-bond donors (Lipinski definition) is 1. The molecule has 2 aromatic carbocycles. The van der Waals surface area contributed by atoms with Crippen LogP contribution in [0.1, 0.15) is 37.8 Å². The first kappa shape index (κ1) is 29.3. The van der Waals surface area contributed by atoms with E-state index in [0.29, 0.717) is 5.56 Å². The number of nitrogens with zero attached hydrogens (tertiary/aromatic N) is 4. The molecule has 2 heterocycles. The summed E-state index contributed by atoms with van der Waals surface area (Å²) in [5.41, 5.74) is -0.619. The van der Waals surface area contributed by atoms with Gasteiger partial charge < -0.3 is 15.0 Å². The molecule has 2 aliphatic heterocycles. The van der Waals surface area contributed by atoms with E-state index in [0.717, 1.165) is 10.5 Å². The molecule has 4 rings (SSSR count). The molecule has 12 heteroatoms. The Balaban J connectivity index is 1.64. The summed E-state index contributed by atoms with van der Waals surface area (Å²) in [7, 11) is 1.55. The maximum Gasteiger partial charge on any atom is 0.332 e. The van der Waals surface area contributed by atoms with E-state index in [1.165, 1.54) is 23.1 Å². The molecule has 2 aliphatic rings. The van der Waals surface area contributed by atoms with Crippen molar-refractivity contribution in [3.05, 3.63) is 63.6 Å². The normalized spacial score (nSPS) is 21.2. The molecule has 2 aromatic rings. The van der Waals surface area contributed by atoms with Gasteiger partial charge in [0.05, 0.1) is 23.9 Å². The number of rotatable bonds is 6. The summed E-state index contributed by atoms with van der Waals surface area (Å²) in [6, 6.07) is 12.8. The number of carbonyl (C=O) groups is 4. The molecule has 2 unspecified atom stereocenters. The number of likely N-dealkylation sites (tertiary alicyclic amines) is 1. The molecule has 0 saturated carbocycles. The fourth-order valence-electron chi connectivity index (χ4n) is 5.22. The lowest BCUT2D eigenvalue weighted by Gasteiger charge is -2.34. The second-order valence-electron chi connectivity index (χ2n) is 10.9. The van der Waals surface area contributed by atoms with Gasteiger partial charge in [-0.15, -0.1) is 0 Å². The monoisotopic (exact) mass is 585 g/mol. The van der Waals surface area contributed by atoms with Crippen LogP contribution in [0.25, 0.3) is 0 Å². The van der Waals surface area contributed by atoms with E-state index in [9.17, 15) is 24.4 Å². The van der Waals surface area contributed by atoms with E-state index in [2.05, 4.69) is 11.4 Å². The van der Waals surface area contributed by atoms with Crippen LogP contribution in [-0.4, -0.2) is 78.0 Å². The smallest absolute Gasteiger partial charge is 0.332 e. The van der Waals surface area contributed by atoms with Gasteiger partial charge in [-0.1, -0.05) is 35.3 Å². The maximum absolute atomic E-state index is 14.2. The van der Waals surface area contributed by atoms with E-state index >= 15 is 0 Å². The maximum atomic E-state index is 14.2. The average molecular weight is 586 g/mol. The average Bonchev–Trinajstić information content (AvgIpc) is 3.33. The molecular weight excluding hydrogens is 557 g/mol. The number of amides is 4. The Bertz CT molecular complexity index is 1380. The molecule has 2 fully saturated rings. The molecule has 4 amide bonds. The Kier molecular flexibility index (Phi) is 8.13. The van der Waals surface area contributed by atoms with Crippen molar-refractivity contribution >= 4 is 52.7 Å². The first-order valence-electron chi connectivity index (χ1n) is 12.5. The van der Waals surface area contributed by atoms with Gasteiger partial charge in [-0.05, 0) is 56.7 Å². The van der Waals surface area contributed by atoms with Gasteiger partial charge in [0.15, 0.2) is 0 Å². The molecule has 10 nitrogen and oxygen atoms in total.